The van der Waals surface area contributed by atoms with E-state index < -0.39 is 0 Å². The molecule has 2 amide bonds. The highest BCUT2D eigenvalue weighted by atomic mass is 32.2. The zero-order chi connectivity index (χ0) is 18.5. The molecule has 2 aliphatic heterocycles. The number of hydrogen-bond donors (Lipinski definition) is 0. The number of hydrogen-bond acceptors (Lipinski definition) is 5. The number of piperazine rings is 1. The second-order valence-electron chi connectivity index (χ2n) is 6.74. The molecule has 142 valence electrons. The first kappa shape index (κ1) is 19.0. The van der Waals surface area contributed by atoms with E-state index in [-0.39, 0.29) is 17.9 Å². The van der Waals surface area contributed by atoms with Crippen LogP contribution in [0.25, 0.3) is 0 Å². The third-order valence-corrected chi connectivity index (χ3v) is 5.90. The van der Waals surface area contributed by atoms with E-state index in [2.05, 4.69) is 16.6 Å². The van der Waals surface area contributed by atoms with E-state index in [4.69, 9.17) is 0 Å². The van der Waals surface area contributed by atoms with Crippen molar-refractivity contribution in [3.05, 3.63) is 25.0 Å². The van der Waals surface area contributed by atoms with Gasteiger partial charge in [-0.05, 0) is 12.8 Å². The molecule has 7 nitrogen and oxygen atoms in total. The fraction of sp³-hybridized carbons (Fsp3) is 0.611. The van der Waals surface area contributed by atoms with E-state index >= 15 is 0 Å². The predicted octanol–water partition coefficient (Wildman–Crippen LogP) is 0.979. The summed E-state index contributed by atoms with van der Waals surface area (Å²) in [7, 11) is 1.86. The summed E-state index contributed by atoms with van der Waals surface area (Å²) in [5, 5.41) is 4.18. The summed E-state index contributed by atoms with van der Waals surface area (Å²) in [4.78, 5) is 31.2. The van der Waals surface area contributed by atoms with E-state index in [1.807, 2.05) is 29.1 Å². The Balaban J connectivity index is 1.54. The molecule has 8 heteroatoms. The fourth-order valence-corrected chi connectivity index (χ4v) is 4.24. The maximum absolute atomic E-state index is 13.0. The summed E-state index contributed by atoms with van der Waals surface area (Å²) in [5.74, 6) is 1.64. The number of aryl methyl sites for hydroxylation is 1. The van der Waals surface area contributed by atoms with Crippen molar-refractivity contribution in [2.45, 2.75) is 18.9 Å². The lowest BCUT2D eigenvalue weighted by atomic mass is 10.0. The number of thioether (sulfide) groups is 1. The van der Waals surface area contributed by atoms with Crippen LogP contribution in [0.5, 0.6) is 0 Å². The van der Waals surface area contributed by atoms with E-state index in [9.17, 15) is 9.59 Å². The number of piperidine rings is 1. The molecule has 0 aliphatic carbocycles. The maximum atomic E-state index is 13.0. The van der Waals surface area contributed by atoms with E-state index in [0.717, 1.165) is 43.9 Å². The van der Waals surface area contributed by atoms with Crippen LogP contribution in [0.15, 0.2) is 25.0 Å². The van der Waals surface area contributed by atoms with E-state index in [0.29, 0.717) is 18.8 Å². The average molecular weight is 378 g/mol. The Hall–Kier alpha value is -1.80. The average Bonchev–Trinajstić information content (AvgIpc) is 3.08. The van der Waals surface area contributed by atoms with Gasteiger partial charge in [0.1, 0.15) is 0 Å². The van der Waals surface area contributed by atoms with Crippen LogP contribution in [0.1, 0.15) is 12.8 Å². The summed E-state index contributed by atoms with van der Waals surface area (Å²) in [5.41, 5.74) is 0.871. The molecule has 1 aromatic rings. The van der Waals surface area contributed by atoms with Gasteiger partial charge in [-0.15, -0.1) is 18.3 Å². The van der Waals surface area contributed by atoms with Gasteiger partial charge in [-0.2, -0.15) is 5.10 Å². The molecule has 3 rings (SSSR count). The second kappa shape index (κ2) is 8.73. The van der Waals surface area contributed by atoms with Crippen molar-refractivity contribution in [2.75, 3.05) is 49.1 Å². The van der Waals surface area contributed by atoms with Crippen LogP contribution in [-0.2, 0) is 16.6 Å². The number of aromatic nitrogens is 2. The number of nitrogens with zero attached hydrogens (tertiary/aromatic N) is 5. The van der Waals surface area contributed by atoms with Crippen LogP contribution in [0.4, 0.5) is 5.69 Å². The molecule has 3 heterocycles. The van der Waals surface area contributed by atoms with Crippen LogP contribution in [-0.4, -0.2) is 81.7 Å². The Morgan fingerprint density at radius 1 is 1.35 bits per heavy atom. The van der Waals surface area contributed by atoms with Crippen molar-refractivity contribution in [1.29, 1.82) is 0 Å². The zero-order valence-electron chi connectivity index (χ0n) is 15.3. The Labute approximate surface area is 159 Å². The van der Waals surface area contributed by atoms with Crippen LogP contribution >= 0.6 is 11.8 Å². The predicted molar refractivity (Wildman–Crippen MR) is 104 cm³/mol. The summed E-state index contributed by atoms with van der Waals surface area (Å²) < 4.78 is 1.72. The third kappa shape index (κ3) is 4.29. The lowest BCUT2D eigenvalue weighted by molar-refractivity contribution is -0.132. The third-order valence-electron chi connectivity index (χ3n) is 4.98. The first-order valence-corrected chi connectivity index (χ1v) is 10.3. The van der Waals surface area contributed by atoms with Crippen LogP contribution in [0.2, 0.25) is 0 Å². The van der Waals surface area contributed by atoms with Gasteiger partial charge in [0.2, 0.25) is 11.8 Å². The van der Waals surface area contributed by atoms with Gasteiger partial charge in [0.25, 0.3) is 0 Å². The minimum Gasteiger partial charge on any atom is -0.339 e. The SMILES string of the molecule is C=CCSCC(=O)N1CCN([C@H]2CCCN(c3cnn(C)c3)C2=O)CC1. The molecular weight excluding hydrogens is 350 g/mol. The van der Waals surface area contributed by atoms with Crippen molar-refractivity contribution in [3.8, 4) is 0 Å². The molecular formula is C18H27N5O2S. The number of rotatable bonds is 6. The monoisotopic (exact) mass is 377 g/mol. The van der Waals surface area contributed by atoms with Crippen molar-refractivity contribution in [2.24, 2.45) is 7.05 Å². The molecule has 0 unspecified atom stereocenters. The molecule has 2 fully saturated rings. The molecule has 0 radical (unpaired) electrons. The second-order valence-corrected chi connectivity index (χ2v) is 7.77. The van der Waals surface area contributed by atoms with E-state index in [1.54, 1.807) is 22.6 Å². The van der Waals surface area contributed by atoms with Gasteiger partial charge in [0, 0.05) is 51.7 Å². The number of amides is 2. The van der Waals surface area contributed by atoms with Gasteiger partial charge in [-0.25, -0.2) is 0 Å². The zero-order valence-corrected chi connectivity index (χ0v) is 16.2. The van der Waals surface area contributed by atoms with Gasteiger partial charge in [-0.1, -0.05) is 6.08 Å². The lowest BCUT2D eigenvalue weighted by Gasteiger charge is -2.42. The topological polar surface area (TPSA) is 61.7 Å². The quantitative estimate of drug-likeness (QED) is 0.546. The Morgan fingerprint density at radius 3 is 2.77 bits per heavy atom. The van der Waals surface area contributed by atoms with Crippen molar-refractivity contribution in [3.63, 3.8) is 0 Å². The molecule has 0 aromatic carbocycles. The molecule has 1 atom stereocenters. The first-order chi connectivity index (χ1) is 12.6. The lowest BCUT2D eigenvalue weighted by Crippen LogP contribution is -2.58. The van der Waals surface area contributed by atoms with Crippen molar-refractivity contribution < 1.29 is 9.59 Å². The fourth-order valence-electron chi connectivity index (χ4n) is 3.60. The van der Waals surface area contributed by atoms with Gasteiger partial charge >= 0.3 is 0 Å². The maximum Gasteiger partial charge on any atom is 0.244 e. The molecule has 1 aromatic heterocycles. The molecule has 0 N–H and O–H groups in total. The first-order valence-electron chi connectivity index (χ1n) is 9.10. The molecule has 2 aliphatic rings. The van der Waals surface area contributed by atoms with Gasteiger partial charge in [0.15, 0.2) is 0 Å². The highest BCUT2D eigenvalue weighted by Crippen LogP contribution is 2.24. The van der Waals surface area contributed by atoms with Crippen LogP contribution in [0.3, 0.4) is 0 Å². The molecule has 0 bridgehead atoms. The molecule has 26 heavy (non-hydrogen) atoms. The van der Waals surface area contributed by atoms with Gasteiger partial charge in [0.05, 0.1) is 23.7 Å². The molecule has 0 saturated carbocycles. The molecule has 0 spiro atoms. The highest BCUT2D eigenvalue weighted by Gasteiger charge is 2.36. The summed E-state index contributed by atoms with van der Waals surface area (Å²) in [6.07, 6.45) is 7.33. The molecule has 2 saturated heterocycles. The standard InChI is InChI=1S/C18H27N5O2S/c1-3-11-26-14-17(24)22-9-7-21(8-10-22)16-5-4-6-23(18(16)25)15-12-19-20(2)13-15/h3,12-13,16H,1,4-11,14H2,2H3/t16-/m0/s1. The smallest absolute Gasteiger partial charge is 0.244 e. The van der Waals surface area contributed by atoms with Crippen LogP contribution in [0, 0.1) is 0 Å². The number of carbonyl (C=O) groups is 2. The Kier molecular flexibility index (Phi) is 6.37. The minimum absolute atomic E-state index is 0.0867. The van der Waals surface area contributed by atoms with Crippen LogP contribution < -0.4 is 4.90 Å². The highest BCUT2D eigenvalue weighted by molar-refractivity contribution is 8.00. The summed E-state index contributed by atoms with van der Waals surface area (Å²) in [6, 6.07) is -0.0867. The van der Waals surface area contributed by atoms with Crippen molar-refractivity contribution in [1.82, 2.24) is 19.6 Å². The number of carbonyl (C=O) groups excluding carboxylic acids is 2. The normalized spacial score (nSPS) is 21.9. The van der Waals surface area contributed by atoms with Crippen molar-refractivity contribution >= 4 is 29.3 Å². The summed E-state index contributed by atoms with van der Waals surface area (Å²) in [6.45, 7) is 7.34. The van der Waals surface area contributed by atoms with E-state index in [1.165, 1.54) is 0 Å². The van der Waals surface area contributed by atoms with Gasteiger partial charge < -0.3 is 9.80 Å². The summed E-state index contributed by atoms with van der Waals surface area (Å²) >= 11 is 1.59. The van der Waals surface area contributed by atoms with Gasteiger partial charge in [-0.3, -0.25) is 19.2 Å². The Bertz CT molecular complexity index is 654. The Morgan fingerprint density at radius 2 is 2.12 bits per heavy atom. The number of anilines is 1. The largest absolute Gasteiger partial charge is 0.339 e. The minimum atomic E-state index is -0.0867.